The third kappa shape index (κ3) is 9.79. The minimum absolute atomic E-state index is 0. The first kappa shape index (κ1) is 28.3. The molecule has 1 saturated heterocycles. The number of carbonyl (C=O) groups is 1. The Morgan fingerprint density at radius 1 is 1.28 bits per heavy atom. The molecule has 32 heavy (non-hydrogen) atoms. The fourth-order valence-electron chi connectivity index (χ4n) is 3.46. The standard InChI is InChI=1S/C23H38FN5O2.HI/c1-16(2)20(28-22(30)31-23(3,4)5)15-26-21(25-6)27-18-10-12-29(13-11-18)19-9-7-8-17(24)14-19;/h7-9,14,16,18,20H,10-13,15H2,1-6H3,(H,28,30)(H2,25,26,27);1H. The molecule has 1 aromatic carbocycles. The number of carbonyl (C=O) groups excluding carboxylic acids is 1. The lowest BCUT2D eigenvalue weighted by Crippen LogP contribution is -2.53. The van der Waals surface area contributed by atoms with E-state index in [1.165, 1.54) is 6.07 Å². The van der Waals surface area contributed by atoms with Crippen molar-refractivity contribution in [3.63, 3.8) is 0 Å². The van der Waals surface area contributed by atoms with Crippen LogP contribution in [-0.4, -0.2) is 56.4 Å². The lowest BCUT2D eigenvalue weighted by Gasteiger charge is -2.35. The van der Waals surface area contributed by atoms with Crippen LogP contribution >= 0.6 is 24.0 Å². The van der Waals surface area contributed by atoms with Crippen LogP contribution in [0.2, 0.25) is 0 Å². The molecule has 182 valence electrons. The number of aliphatic imine (C=N–C) groups is 1. The number of amides is 1. The van der Waals surface area contributed by atoms with Crippen molar-refractivity contribution in [3.05, 3.63) is 30.1 Å². The van der Waals surface area contributed by atoms with Crippen molar-refractivity contribution < 1.29 is 13.9 Å². The summed E-state index contributed by atoms with van der Waals surface area (Å²) in [5.41, 5.74) is 0.394. The Bertz CT molecular complexity index is 746. The van der Waals surface area contributed by atoms with Gasteiger partial charge in [0.1, 0.15) is 11.4 Å². The molecule has 1 aliphatic rings. The molecule has 0 aliphatic carbocycles. The van der Waals surface area contributed by atoms with E-state index in [2.05, 4.69) is 39.7 Å². The van der Waals surface area contributed by atoms with Gasteiger partial charge in [-0.05, 0) is 57.7 Å². The van der Waals surface area contributed by atoms with Gasteiger partial charge in [-0.15, -0.1) is 24.0 Å². The first-order valence-corrected chi connectivity index (χ1v) is 11.0. The SMILES string of the molecule is CN=C(NCC(NC(=O)OC(C)(C)C)C(C)C)NC1CCN(c2cccc(F)c2)CC1.I. The highest BCUT2D eigenvalue weighted by molar-refractivity contribution is 14.0. The number of nitrogens with zero attached hydrogens (tertiary/aromatic N) is 2. The molecule has 0 saturated carbocycles. The molecule has 3 N–H and O–H groups in total. The number of benzene rings is 1. The smallest absolute Gasteiger partial charge is 0.407 e. The lowest BCUT2D eigenvalue weighted by atomic mass is 10.0. The van der Waals surface area contributed by atoms with E-state index in [1.807, 2.05) is 26.8 Å². The summed E-state index contributed by atoms with van der Waals surface area (Å²) in [6.07, 6.45) is 1.45. The zero-order chi connectivity index (χ0) is 23.0. The van der Waals surface area contributed by atoms with Gasteiger partial charge < -0.3 is 25.6 Å². The quantitative estimate of drug-likeness (QED) is 0.276. The van der Waals surface area contributed by atoms with E-state index in [1.54, 1.807) is 19.2 Å². The highest BCUT2D eigenvalue weighted by Crippen LogP contribution is 2.20. The number of hydrogen-bond donors (Lipinski definition) is 3. The van der Waals surface area contributed by atoms with Gasteiger partial charge in [-0.2, -0.15) is 0 Å². The van der Waals surface area contributed by atoms with Crippen LogP contribution in [0.25, 0.3) is 0 Å². The fourth-order valence-corrected chi connectivity index (χ4v) is 3.46. The van der Waals surface area contributed by atoms with E-state index in [9.17, 15) is 9.18 Å². The fraction of sp³-hybridized carbons (Fsp3) is 0.652. The van der Waals surface area contributed by atoms with Gasteiger partial charge in [-0.3, -0.25) is 4.99 Å². The maximum atomic E-state index is 13.5. The van der Waals surface area contributed by atoms with Crippen molar-refractivity contribution in [2.45, 2.75) is 65.1 Å². The number of anilines is 1. The molecule has 0 radical (unpaired) electrons. The second kappa shape index (κ2) is 13.1. The average molecular weight is 564 g/mol. The van der Waals surface area contributed by atoms with Gasteiger partial charge in [0.05, 0.1) is 6.04 Å². The third-order valence-electron chi connectivity index (χ3n) is 5.23. The highest BCUT2D eigenvalue weighted by Gasteiger charge is 2.23. The zero-order valence-corrected chi connectivity index (χ0v) is 22.4. The Labute approximate surface area is 209 Å². The van der Waals surface area contributed by atoms with Crippen molar-refractivity contribution in [2.75, 3.05) is 31.6 Å². The number of alkyl carbamates (subject to hydrolysis) is 1. The minimum Gasteiger partial charge on any atom is -0.444 e. The number of ether oxygens (including phenoxy) is 1. The topological polar surface area (TPSA) is 78.0 Å². The maximum absolute atomic E-state index is 13.5. The summed E-state index contributed by atoms with van der Waals surface area (Å²) in [4.78, 5) is 18.7. The highest BCUT2D eigenvalue weighted by atomic mass is 127. The van der Waals surface area contributed by atoms with Gasteiger partial charge in [-0.25, -0.2) is 9.18 Å². The van der Waals surface area contributed by atoms with Gasteiger partial charge >= 0.3 is 6.09 Å². The normalized spacial score (nSPS) is 16.2. The lowest BCUT2D eigenvalue weighted by molar-refractivity contribution is 0.0491. The summed E-state index contributed by atoms with van der Waals surface area (Å²) in [7, 11) is 1.74. The van der Waals surface area contributed by atoms with Crippen molar-refractivity contribution in [1.29, 1.82) is 0 Å². The van der Waals surface area contributed by atoms with Crippen molar-refractivity contribution >= 4 is 41.7 Å². The molecule has 9 heteroatoms. The Morgan fingerprint density at radius 3 is 2.47 bits per heavy atom. The van der Waals surface area contributed by atoms with Crippen LogP contribution < -0.4 is 20.9 Å². The van der Waals surface area contributed by atoms with Gasteiger partial charge in [0.15, 0.2) is 5.96 Å². The molecule has 1 unspecified atom stereocenters. The van der Waals surface area contributed by atoms with Crippen molar-refractivity contribution in [2.24, 2.45) is 10.9 Å². The van der Waals surface area contributed by atoms with Crippen LogP contribution in [0.4, 0.5) is 14.9 Å². The number of nitrogens with one attached hydrogen (secondary N) is 3. The van der Waals surface area contributed by atoms with E-state index in [0.717, 1.165) is 31.6 Å². The monoisotopic (exact) mass is 563 g/mol. The Balaban J connectivity index is 0.00000512. The van der Waals surface area contributed by atoms with Gasteiger partial charge in [0.25, 0.3) is 0 Å². The third-order valence-corrected chi connectivity index (χ3v) is 5.23. The summed E-state index contributed by atoms with van der Waals surface area (Å²) in [5, 5.41) is 9.73. The predicted molar refractivity (Wildman–Crippen MR) is 140 cm³/mol. The predicted octanol–water partition coefficient (Wildman–Crippen LogP) is 4.13. The minimum atomic E-state index is -0.531. The van der Waals surface area contributed by atoms with E-state index < -0.39 is 11.7 Å². The molecule has 1 aromatic rings. The van der Waals surface area contributed by atoms with Crippen molar-refractivity contribution in [1.82, 2.24) is 16.0 Å². The number of guanidine groups is 1. The first-order valence-electron chi connectivity index (χ1n) is 11.0. The molecule has 2 rings (SSSR count). The molecule has 0 bridgehead atoms. The largest absolute Gasteiger partial charge is 0.444 e. The molecule has 1 amide bonds. The summed E-state index contributed by atoms with van der Waals surface area (Å²) in [6.45, 7) is 11.9. The molecule has 0 aromatic heterocycles. The van der Waals surface area contributed by atoms with Crippen LogP contribution in [0.15, 0.2) is 29.3 Å². The molecule has 1 atom stereocenters. The van der Waals surface area contributed by atoms with Gasteiger partial charge in [-0.1, -0.05) is 19.9 Å². The molecular weight excluding hydrogens is 524 g/mol. The summed E-state index contributed by atoms with van der Waals surface area (Å²) >= 11 is 0. The zero-order valence-electron chi connectivity index (χ0n) is 20.1. The molecule has 1 heterocycles. The van der Waals surface area contributed by atoms with E-state index in [0.29, 0.717) is 12.5 Å². The molecular formula is C23H39FIN5O2. The Kier molecular flexibility index (Phi) is 11.5. The first-order chi connectivity index (χ1) is 14.6. The van der Waals surface area contributed by atoms with Gasteiger partial charge in [0, 0.05) is 38.4 Å². The average Bonchev–Trinajstić information content (AvgIpc) is 2.69. The maximum Gasteiger partial charge on any atom is 0.407 e. The van der Waals surface area contributed by atoms with Crippen LogP contribution in [0.1, 0.15) is 47.5 Å². The Morgan fingerprint density at radius 2 is 1.94 bits per heavy atom. The number of hydrogen-bond acceptors (Lipinski definition) is 4. The second-order valence-electron chi connectivity index (χ2n) is 9.34. The molecule has 7 nitrogen and oxygen atoms in total. The van der Waals surface area contributed by atoms with Crippen LogP contribution in [0.5, 0.6) is 0 Å². The molecule has 1 aliphatic heterocycles. The Hall–Kier alpha value is -1.78. The van der Waals surface area contributed by atoms with Crippen LogP contribution in [0, 0.1) is 11.7 Å². The van der Waals surface area contributed by atoms with Gasteiger partial charge in [0.2, 0.25) is 0 Å². The molecule has 1 fully saturated rings. The number of rotatable bonds is 6. The van der Waals surface area contributed by atoms with E-state index in [-0.39, 0.29) is 47.8 Å². The number of piperidine rings is 1. The van der Waals surface area contributed by atoms with Crippen LogP contribution in [-0.2, 0) is 4.74 Å². The van der Waals surface area contributed by atoms with E-state index >= 15 is 0 Å². The van der Waals surface area contributed by atoms with Crippen molar-refractivity contribution in [3.8, 4) is 0 Å². The van der Waals surface area contributed by atoms with Crippen LogP contribution in [0.3, 0.4) is 0 Å². The summed E-state index contributed by atoms with van der Waals surface area (Å²) in [6, 6.07) is 6.93. The summed E-state index contributed by atoms with van der Waals surface area (Å²) < 4.78 is 18.9. The summed E-state index contributed by atoms with van der Waals surface area (Å²) in [5.74, 6) is 0.732. The molecule has 0 spiro atoms. The van der Waals surface area contributed by atoms with E-state index in [4.69, 9.17) is 4.74 Å². The second-order valence-corrected chi connectivity index (χ2v) is 9.34. The number of halogens is 2.